The average molecular weight is 417 g/mol. The summed E-state index contributed by atoms with van der Waals surface area (Å²) in [5.41, 5.74) is 4.14. The average Bonchev–Trinajstić information content (AvgIpc) is 3.05. The molecule has 156 valence electrons. The zero-order valence-electron chi connectivity index (χ0n) is 16.7. The maximum Gasteiger partial charge on any atom is 0.113 e. The van der Waals surface area contributed by atoms with Crippen LogP contribution in [0.15, 0.2) is 43.0 Å². The summed E-state index contributed by atoms with van der Waals surface area (Å²) in [5, 5.41) is 39.9. The van der Waals surface area contributed by atoms with Crippen LogP contribution in [0.3, 0.4) is 0 Å². The SMILES string of the molecule is C=C/C=C\c1sc(Cc2cc(C3OC(CO)[C@@H](O)[C@H](O)[C@H]3O)ccc2C)cc1C. The third kappa shape index (κ3) is 4.69. The highest BCUT2D eigenvalue weighted by atomic mass is 32.1. The van der Waals surface area contributed by atoms with Crippen LogP contribution in [-0.2, 0) is 11.2 Å². The topological polar surface area (TPSA) is 90.2 Å². The summed E-state index contributed by atoms with van der Waals surface area (Å²) < 4.78 is 5.70. The van der Waals surface area contributed by atoms with E-state index in [0.29, 0.717) is 5.56 Å². The van der Waals surface area contributed by atoms with Gasteiger partial charge in [0.25, 0.3) is 0 Å². The molecule has 0 saturated carbocycles. The highest BCUT2D eigenvalue weighted by Gasteiger charge is 2.43. The van der Waals surface area contributed by atoms with Gasteiger partial charge in [0.2, 0.25) is 0 Å². The normalized spacial score (nSPS) is 27.4. The summed E-state index contributed by atoms with van der Waals surface area (Å²) >= 11 is 1.73. The first-order valence-corrected chi connectivity index (χ1v) is 10.5. The van der Waals surface area contributed by atoms with Crippen molar-refractivity contribution in [2.45, 2.75) is 50.8 Å². The summed E-state index contributed by atoms with van der Waals surface area (Å²) in [5.74, 6) is 0. The monoisotopic (exact) mass is 416 g/mol. The lowest BCUT2D eigenvalue weighted by Gasteiger charge is -2.40. The third-order valence-corrected chi connectivity index (χ3v) is 6.55. The van der Waals surface area contributed by atoms with E-state index in [-0.39, 0.29) is 0 Å². The molecule has 5 nitrogen and oxygen atoms in total. The summed E-state index contributed by atoms with van der Waals surface area (Å²) in [4.78, 5) is 2.42. The molecule has 0 radical (unpaired) electrons. The molecule has 0 amide bonds. The van der Waals surface area contributed by atoms with Crippen LogP contribution < -0.4 is 0 Å². The second kappa shape index (κ2) is 9.34. The minimum Gasteiger partial charge on any atom is -0.394 e. The fraction of sp³-hybridized carbons (Fsp3) is 0.391. The van der Waals surface area contributed by atoms with E-state index in [1.54, 1.807) is 17.4 Å². The first-order chi connectivity index (χ1) is 13.8. The second-order valence-electron chi connectivity index (χ2n) is 7.47. The Morgan fingerprint density at radius 2 is 1.83 bits per heavy atom. The Morgan fingerprint density at radius 1 is 1.07 bits per heavy atom. The number of hydrogen-bond acceptors (Lipinski definition) is 6. The van der Waals surface area contributed by atoms with Crippen LogP contribution in [0.1, 0.15) is 38.1 Å². The summed E-state index contributed by atoms with van der Waals surface area (Å²) in [6.45, 7) is 7.39. The van der Waals surface area contributed by atoms with E-state index in [0.717, 1.165) is 17.5 Å². The van der Waals surface area contributed by atoms with Gasteiger partial charge in [-0.25, -0.2) is 0 Å². The fourth-order valence-corrected chi connectivity index (χ4v) is 4.71. The molecule has 1 aromatic heterocycles. The summed E-state index contributed by atoms with van der Waals surface area (Å²) in [6.07, 6.45) is 0.729. The molecule has 6 heteroatoms. The van der Waals surface area contributed by atoms with E-state index >= 15 is 0 Å². The summed E-state index contributed by atoms with van der Waals surface area (Å²) in [7, 11) is 0. The van der Waals surface area contributed by atoms with E-state index in [2.05, 4.69) is 19.6 Å². The van der Waals surface area contributed by atoms with Crippen LogP contribution >= 0.6 is 11.3 Å². The standard InChI is InChI=1S/C23H28O5S/c1-4-5-6-19-14(3)9-17(29-19)11-16-10-15(8-7-13(16)2)23-22(27)21(26)20(25)18(12-24)28-23/h4-10,18,20-27H,1,11-12H2,2-3H3/b6-5-/t18?,20-,21+,22-,23?/m1/s1. The molecule has 0 aliphatic carbocycles. The van der Waals surface area contributed by atoms with Crippen LogP contribution in [0.5, 0.6) is 0 Å². The Kier molecular flexibility index (Phi) is 7.05. The van der Waals surface area contributed by atoms with Gasteiger partial charge < -0.3 is 25.2 Å². The highest BCUT2D eigenvalue weighted by Crippen LogP contribution is 2.34. The lowest BCUT2D eigenvalue weighted by molar-refractivity contribution is -0.231. The number of ether oxygens (including phenoxy) is 1. The fourth-order valence-electron chi connectivity index (χ4n) is 3.60. The minimum absolute atomic E-state index is 0.435. The van der Waals surface area contributed by atoms with Gasteiger partial charge in [0, 0.05) is 16.2 Å². The van der Waals surface area contributed by atoms with Gasteiger partial charge in [-0.15, -0.1) is 11.3 Å². The molecule has 29 heavy (non-hydrogen) atoms. The molecule has 2 heterocycles. The van der Waals surface area contributed by atoms with E-state index in [1.165, 1.54) is 15.3 Å². The Labute approximate surface area is 175 Å². The van der Waals surface area contributed by atoms with E-state index < -0.39 is 37.1 Å². The molecule has 1 saturated heterocycles. The maximum atomic E-state index is 10.4. The Balaban J connectivity index is 1.87. The lowest BCUT2D eigenvalue weighted by atomic mass is 9.89. The Hall–Kier alpha value is -1.80. The van der Waals surface area contributed by atoms with Crippen molar-refractivity contribution in [3.05, 3.63) is 75.0 Å². The molecule has 1 fully saturated rings. The van der Waals surface area contributed by atoms with Crippen LogP contribution in [0.4, 0.5) is 0 Å². The molecule has 0 spiro atoms. The molecule has 5 atom stereocenters. The van der Waals surface area contributed by atoms with Gasteiger partial charge >= 0.3 is 0 Å². The largest absolute Gasteiger partial charge is 0.394 e. The van der Waals surface area contributed by atoms with Crippen molar-refractivity contribution in [2.24, 2.45) is 0 Å². The third-order valence-electron chi connectivity index (χ3n) is 5.35. The molecule has 1 aromatic carbocycles. The van der Waals surface area contributed by atoms with Gasteiger partial charge in [-0.2, -0.15) is 0 Å². The number of allylic oxidation sites excluding steroid dienone is 2. The Morgan fingerprint density at radius 3 is 2.52 bits per heavy atom. The number of aryl methyl sites for hydroxylation is 2. The van der Waals surface area contributed by atoms with Crippen molar-refractivity contribution in [3.8, 4) is 0 Å². The number of hydrogen-bond donors (Lipinski definition) is 4. The number of rotatable bonds is 6. The van der Waals surface area contributed by atoms with Crippen molar-refractivity contribution in [2.75, 3.05) is 6.61 Å². The van der Waals surface area contributed by atoms with Crippen molar-refractivity contribution in [1.82, 2.24) is 0 Å². The van der Waals surface area contributed by atoms with Crippen LogP contribution in [-0.4, -0.2) is 51.4 Å². The molecule has 0 bridgehead atoms. The quantitative estimate of drug-likeness (QED) is 0.544. The number of thiophene rings is 1. The number of benzene rings is 1. The van der Waals surface area contributed by atoms with E-state index in [1.807, 2.05) is 37.3 Å². The molecular weight excluding hydrogens is 388 g/mol. The number of aliphatic hydroxyl groups excluding tert-OH is 4. The molecule has 4 N–H and O–H groups in total. The van der Waals surface area contributed by atoms with Gasteiger partial charge in [0.15, 0.2) is 0 Å². The molecule has 1 aliphatic heterocycles. The van der Waals surface area contributed by atoms with Crippen LogP contribution in [0, 0.1) is 13.8 Å². The molecule has 1 aliphatic rings. The van der Waals surface area contributed by atoms with E-state index in [9.17, 15) is 20.4 Å². The van der Waals surface area contributed by atoms with Crippen molar-refractivity contribution >= 4 is 17.4 Å². The number of aliphatic hydroxyl groups is 4. The predicted molar refractivity (Wildman–Crippen MR) is 115 cm³/mol. The molecule has 2 unspecified atom stereocenters. The van der Waals surface area contributed by atoms with Crippen LogP contribution in [0.2, 0.25) is 0 Å². The summed E-state index contributed by atoms with van der Waals surface area (Å²) in [6, 6.07) is 7.96. The first-order valence-electron chi connectivity index (χ1n) is 9.64. The molecular formula is C23H28O5S. The van der Waals surface area contributed by atoms with Gasteiger partial charge in [-0.3, -0.25) is 0 Å². The molecule has 3 rings (SSSR count). The Bertz CT molecular complexity index is 885. The van der Waals surface area contributed by atoms with Gasteiger partial charge in [0.1, 0.15) is 30.5 Å². The van der Waals surface area contributed by atoms with Gasteiger partial charge in [0.05, 0.1) is 6.61 Å². The van der Waals surface area contributed by atoms with Crippen molar-refractivity contribution in [3.63, 3.8) is 0 Å². The maximum absolute atomic E-state index is 10.4. The van der Waals surface area contributed by atoms with Crippen molar-refractivity contribution < 1.29 is 25.2 Å². The van der Waals surface area contributed by atoms with E-state index in [4.69, 9.17) is 4.74 Å². The minimum atomic E-state index is -1.38. The zero-order valence-corrected chi connectivity index (χ0v) is 17.5. The first kappa shape index (κ1) is 21.9. The van der Waals surface area contributed by atoms with Crippen molar-refractivity contribution in [1.29, 1.82) is 0 Å². The zero-order chi connectivity index (χ0) is 21.1. The predicted octanol–water partition coefficient (Wildman–Crippen LogP) is 2.67. The second-order valence-corrected chi connectivity index (χ2v) is 8.64. The smallest absolute Gasteiger partial charge is 0.113 e. The van der Waals surface area contributed by atoms with Crippen LogP contribution in [0.25, 0.3) is 6.08 Å². The molecule has 2 aromatic rings. The lowest BCUT2D eigenvalue weighted by Crippen LogP contribution is -2.55. The van der Waals surface area contributed by atoms with Gasteiger partial charge in [-0.1, -0.05) is 36.9 Å². The van der Waals surface area contributed by atoms with Gasteiger partial charge in [-0.05, 0) is 48.2 Å². The highest BCUT2D eigenvalue weighted by molar-refractivity contribution is 7.13.